The normalized spacial score (nSPS) is 19.2. The van der Waals surface area contributed by atoms with Crippen molar-refractivity contribution >= 4 is 11.8 Å². The maximum Gasteiger partial charge on any atom is 0.225 e. The van der Waals surface area contributed by atoms with Gasteiger partial charge in [-0.25, -0.2) is 15.0 Å². The first-order valence-electron chi connectivity index (χ1n) is 7.39. The van der Waals surface area contributed by atoms with Crippen LogP contribution in [0.15, 0.2) is 30.9 Å². The Morgan fingerprint density at radius 2 is 1.90 bits per heavy atom. The van der Waals surface area contributed by atoms with Crippen LogP contribution in [0.1, 0.15) is 25.0 Å². The number of rotatable bonds is 3. The summed E-state index contributed by atoms with van der Waals surface area (Å²) in [6.45, 7) is 2.02. The van der Waals surface area contributed by atoms with E-state index in [9.17, 15) is 0 Å². The van der Waals surface area contributed by atoms with Crippen molar-refractivity contribution in [3.05, 3.63) is 36.5 Å². The van der Waals surface area contributed by atoms with Crippen molar-refractivity contribution in [3.63, 3.8) is 0 Å². The average molecular weight is 284 g/mol. The van der Waals surface area contributed by atoms with E-state index in [-0.39, 0.29) is 0 Å². The van der Waals surface area contributed by atoms with Gasteiger partial charge in [-0.05, 0) is 37.7 Å². The smallest absolute Gasteiger partial charge is 0.225 e. The monoisotopic (exact) mass is 284 g/mol. The van der Waals surface area contributed by atoms with Crippen molar-refractivity contribution in [1.82, 2.24) is 19.9 Å². The molecule has 1 aliphatic heterocycles. The van der Waals surface area contributed by atoms with Gasteiger partial charge in [0.25, 0.3) is 0 Å². The van der Waals surface area contributed by atoms with E-state index in [2.05, 4.69) is 24.8 Å². The minimum absolute atomic E-state index is 0.479. The Balaban J connectivity index is 1.59. The van der Waals surface area contributed by atoms with Crippen LogP contribution in [0.3, 0.4) is 0 Å². The van der Waals surface area contributed by atoms with Gasteiger partial charge in [-0.15, -0.1) is 0 Å². The molecule has 1 atom stereocenters. The zero-order chi connectivity index (χ0) is 14.5. The van der Waals surface area contributed by atoms with Gasteiger partial charge in [0.1, 0.15) is 5.82 Å². The number of aromatic nitrogens is 4. The molecule has 6 nitrogen and oxygen atoms in total. The molecule has 0 bridgehead atoms. The molecule has 0 unspecified atom stereocenters. The first-order chi connectivity index (χ1) is 10.3. The average Bonchev–Trinajstić information content (AvgIpc) is 2.76. The molecular weight excluding hydrogens is 264 g/mol. The Bertz CT molecular complexity index is 556. The van der Waals surface area contributed by atoms with E-state index < -0.39 is 0 Å². The zero-order valence-electron chi connectivity index (χ0n) is 12.0. The van der Waals surface area contributed by atoms with Crippen LogP contribution in [0.25, 0.3) is 0 Å². The number of anilines is 2. The van der Waals surface area contributed by atoms with Crippen molar-refractivity contribution < 1.29 is 0 Å². The molecule has 6 heteroatoms. The second-order valence-electron chi connectivity index (χ2n) is 5.47. The summed E-state index contributed by atoms with van der Waals surface area (Å²) in [5.74, 6) is 1.95. The maximum absolute atomic E-state index is 5.57. The Morgan fingerprint density at radius 1 is 1.05 bits per heavy atom. The van der Waals surface area contributed by atoms with Crippen LogP contribution in [0, 0.1) is 5.92 Å². The fourth-order valence-corrected chi connectivity index (χ4v) is 2.79. The van der Waals surface area contributed by atoms with E-state index in [4.69, 9.17) is 5.73 Å². The molecule has 3 rings (SSSR count). The SMILES string of the molecule is Nc1cnc(C[C@H]2CCCN(c3ncccn3)CC2)cn1. The number of nitrogen functional groups attached to an aromatic ring is 1. The first-order valence-corrected chi connectivity index (χ1v) is 7.39. The molecule has 2 aromatic rings. The molecule has 1 saturated heterocycles. The number of nitrogens with two attached hydrogens (primary N) is 1. The molecule has 1 fully saturated rings. The fraction of sp³-hybridized carbons (Fsp3) is 0.467. The van der Waals surface area contributed by atoms with Gasteiger partial charge in [-0.2, -0.15) is 0 Å². The van der Waals surface area contributed by atoms with Crippen LogP contribution in [0.2, 0.25) is 0 Å². The summed E-state index contributed by atoms with van der Waals surface area (Å²) in [4.78, 5) is 19.4. The fourth-order valence-electron chi connectivity index (χ4n) is 2.79. The summed E-state index contributed by atoms with van der Waals surface area (Å²) in [5, 5.41) is 0. The van der Waals surface area contributed by atoms with Crippen LogP contribution in [-0.2, 0) is 6.42 Å². The molecule has 0 radical (unpaired) electrons. The summed E-state index contributed by atoms with van der Waals surface area (Å²) in [6.07, 6.45) is 11.5. The molecular formula is C15H20N6. The van der Waals surface area contributed by atoms with E-state index in [1.807, 2.05) is 6.07 Å². The molecule has 3 heterocycles. The largest absolute Gasteiger partial charge is 0.382 e. The Kier molecular flexibility index (Phi) is 4.23. The minimum atomic E-state index is 0.479. The lowest BCUT2D eigenvalue weighted by Crippen LogP contribution is -2.26. The molecule has 0 amide bonds. The second-order valence-corrected chi connectivity index (χ2v) is 5.47. The van der Waals surface area contributed by atoms with Crippen molar-refractivity contribution in [2.45, 2.75) is 25.7 Å². The summed E-state index contributed by atoms with van der Waals surface area (Å²) in [6, 6.07) is 1.85. The van der Waals surface area contributed by atoms with E-state index >= 15 is 0 Å². The van der Waals surface area contributed by atoms with Gasteiger partial charge >= 0.3 is 0 Å². The van der Waals surface area contributed by atoms with Gasteiger partial charge in [0.05, 0.1) is 18.1 Å². The van der Waals surface area contributed by atoms with Gasteiger partial charge < -0.3 is 10.6 Å². The van der Waals surface area contributed by atoms with Crippen LogP contribution >= 0.6 is 0 Å². The molecule has 0 aliphatic carbocycles. The van der Waals surface area contributed by atoms with Crippen molar-refractivity contribution in [2.75, 3.05) is 23.7 Å². The summed E-state index contributed by atoms with van der Waals surface area (Å²) >= 11 is 0. The van der Waals surface area contributed by atoms with E-state index in [0.29, 0.717) is 11.7 Å². The third kappa shape index (κ3) is 3.65. The van der Waals surface area contributed by atoms with E-state index in [1.165, 1.54) is 6.42 Å². The number of hydrogen-bond donors (Lipinski definition) is 1. The second kappa shape index (κ2) is 6.47. The van der Waals surface area contributed by atoms with Crippen LogP contribution in [-0.4, -0.2) is 33.0 Å². The van der Waals surface area contributed by atoms with Gasteiger partial charge in [-0.1, -0.05) is 0 Å². The van der Waals surface area contributed by atoms with Gasteiger partial charge in [0.15, 0.2) is 0 Å². The summed E-state index contributed by atoms with van der Waals surface area (Å²) in [5.41, 5.74) is 6.60. The molecule has 0 spiro atoms. The van der Waals surface area contributed by atoms with Crippen LogP contribution in [0.5, 0.6) is 0 Å². The topological polar surface area (TPSA) is 80.8 Å². The highest BCUT2D eigenvalue weighted by molar-refractivity contribution is 5.28. The van der Waals surface area contributed by atoms with Crippen molar-refractivity contribution in [2.24, 2.45) is 5.92 Å². The van der Waals surface area contributed by atoms with Gasteiger partial charge in [-0.3, -0.25) is 4.98 Å². The highest BCUT2D eigenvalue weighted by Crippen LogP contribution is 2.22. The first kappa shape index (κ1) is 13.7. The lowest BCUT2D eigenvalue weighted by Gasteiger charge is -2.20. The van der Waals surface area contributed by atoms with Crippen LogP contribution in [0.4, 0.5) is 11.8 Å². The molecule has 21 heavy (non-hydrogen) atoms. The lowest BCUT2D eigenvalue weighted by molar-refractivity contribution is 0.466. The molecule has 0 aromatic carbocycles. The predicted molar refractivity (Wildman–Crippen MR) is 81.7 cm³/mol. The molecule has 2 aromatic heterocycles. The molecule has 0 saturated carbocycles. The Morgan fingerprint density at radius 3 is 2.67 bits per heavy atom. The maximum atomic E-state index is 5.57. The van der Waals surface area contributed by atoms with E-state index in [1.54, 1.807) is 24.8 Å². The highest BCUT2D eigenvalue weighted by Gasteiger charge is 2.19. The minimum Gasteiger partial charge on any atom is -0.382 e. The molecule has 1 aliphatic rings. The molecule has 2 N–H and O–H groups in total. The zero-order valence-corrected chi connectivity index (χ0v) is 12.0. The Labute approximate surface area is 124 Å². The summed E-state index contributed by atoms with van der Waals surface area (Å²) < 4.78 is 0. The third-order valence-electron chi connectivity index (χ3n) is 3.91. The van der Waals surface area contributed by atoms with Crippen molar-refractivity contribution in [3.8, 4) is 0 Å². The predicted octanol–water partition coefficient (Wildman–Crippen LogP) is 1.70. The Hall–Kier alpha value is -2.24. The number of hydrogen-bond acceptors (Lipinski definition) is 6. The lowest BCUT2D eigenvalue weighted by atomic mass is 9.95. The van der Waals surface area contributed by atoms with Gasteiger partial charge in [0.2, 0.25) is 5.95 Å². The van der Waals surface area contributed by atoms with E-state index in [0.717, 1.165) is 44.0 Å². The third-order valence-corrected chi connectivity index (χ3v) is 3.91. The quantitative estimate of drug-likeness (QED) is 0.924. The summed E-state index contributed by atoms with van der Waals surface area (Å²) in [7, 11) is 0. The number of nitrogens with zero attached hydrogens (tertiary/aromatic N) is 5. The molecule has 110 valence electrons. The standard InChI is InChI=1S/C15H20N6/c16-14-11-19-13(10-20-14)9-12-3-1-7-21(8-4-12)15-17-5-2-6-18-15/h2,5-6,10-12H,1,3-4,7-9H2,(H2,16,20)/t12-/m0/s1. The van der Waals surface area contributed by atoms with Crippen LogP contribution < -0.4 is 10.6 Å². The highest BCUT2D eigenvalue weighted by atomic mass is 15.2. The van der Waals surface area contributed by atoms with Crippen molar-refractivity contribution in [1.29, 1.82) is 0 Å². The van der Waals surface area contributed by atoms with Gasteiger partial charge in [0, 0.05) is 25.5 Å².